The number of benzene rings is 2. The van der Waals surface area contributed by atoms with Gasteiger partial charge in [-0.3, -0.25) is 0 Å². The molecule has 0 unspecified atom stereocenters. The highest BCUT2D eigenvalue weighted by Crippen LogP contribution is 2.55. The summed E-state index contributed by atoms with van der Waals surface area (Å²) in [5.74, 6) is 1.16. The van der Waals surface area contributed by atoms with Crippen molar-refractivity contribution in [2.45, 2.75) is 63.3 Å². The van der Waals surface area contributed by atoms with Crippen LogP contribution in [-0.4, -0.2) is 29.9 Å². The number of aryl methyl sites for hydroxylation is 1. The van der Waals surface area contributed by atoms with E-state index in [1.54, 1.807) is 25.3 Å². The normalized spacial score (nSPS) is 28.6. The Hall–Kier alpha value is -2.53. The maximum absolute atomic E-state index is 11.5. The molecule has 158 valence electrons. The van der Waals surface area contributed by atoms with Crippen molar-refractivity contribution in [2.24, 2.45) is 5.92 Å². The molecule has 0 saturated carbocycles. The van der Waals surface area contributed by atoms with E-state index in [1.807, 2.05) is 6.07 Å². The van der Waals surface area contributed by atoms with Crippen molar-refractivity contribution in [1.82, 2.24) is 0 Å². The van der Waals surface area contributed by atoms with E-state index in [4.69, 9.17) is 14.2 Å². The van der Waals surface area contributed by atoms with Gasteiger partial charge in [-0.15, -0.1) is 0 Å². The molecule has 5 rings (SSSR count). The number of fused-ring (bicyclic) bond motifs is 6. The molecule has 0 amide bonds. The molecule has 1 aliphatic carbocycles. The molecule has 2 aromatic rings. The lowest BCUT2D eigenvalue weighted by Gasteiger charge is -2.51. The van der Waals surface area contributed by atoms with Crippen molar-refractivity contribution in [1.29, 1.82) is 0 Å². The third-order valence-electron chi connectivity index (χ3n) is 7.16. The number of methoxy groups -OCH3 is 1. The highest BCUT2D eigenvalue weighted by Gasteiger charge is 2.51. The monoisotopic (exact) mass is 408 g/mol. The highest BCUT2D eigenvalue weighted by atomic mass is 16.5. The Bertz CT molecular complexity index is 995. The number of ether oxygens (including phenoxy) is 3. The number of hydrogen-bond donors (Lipinski definition) is 1. The Labute approximate surface area is 177 Å². The summed E-state index contributed by atoms with van der Waals surface area (Å²) in [7, 11) is 1.71. The third kappa shape index (κ3) is 3.07. The lowest BCUT2D eigenvalue weighted by atomic mass is 9.70. The predicted molar refractivity (Wildman–Crippen MR) is 113 cm³/mol. The molecule has 0 spiro atoms. The summed E-state index contributed by atoms with van der Waals surface area (Å²) in [6.45, 7) is 4.24. The maximum atomic E-state index is 11.5. The molecule has 2 aliphatic heterocycles. The zero-order valence-electron chi connectivity index (χ0n) is 17.7. The van der Waals surface area contributed by atoms with Crippen LogP contribution >= 0.6 is 0 Å². The Morgan fingerprint density at radius 2 is 2.00 bits per heavy atom. The second-order valence-corrected chi connectivity index (χ2v) is 9.26. The van der Waals surface area contributed by atoms with Gasteiger partial charge in [-0.05, 0) is 81.0 Å². The first-order valence-corrected chi connectivity index (χ1v) is 10.8. The first-order valence-electron chi connectivity index (χ1n) is 10.8. The van der Waals surface area contributed by atoms with E-state index < -0.39 is 11.6 Å². The van der Waals surface area contributed by atoms with Gasteiger partial charge in [-0.25, -0.2) is 4.79 Å². The third-order valence-corrected chi connectivity index (χ3v) is 7.16. The van der Waals surface area contributed by atoms with Crippen molar-refractivity contribution < 1.29 is 24.1 Å². The van der Waals surface area contributed by atoms with Crippen LogP contribution in [0.3, 0.4) is 0 Å². The zero-order chi connectivity index (χ0) is 21.0. The molecule has 1 fully saturated rings. The average Bonchev–Trinajstić information content (AvgIpc) is 2.90. The van der Waals surface area contributed by atoms with E-state index in [0.717, 1.165) is 42.7 Å². The van der Waals surface area contributed by atoms with Crippen LogP contribution in [0.1, 0.15) is 72.2 Å². The van der Waals surface area contributed by atoms with E-state index in [9.17, 15) is 9.90 Å². The zero-order valence-corrected chi connectivity index (χ0v) is 17.7. The summed E-state index contributed by atoms with van der Waals surface area (Å²) >= 11 is 0. The van der Waals surface area contributed by atoms with Crippen molar-refractivity contribution in [2.75, 3.05) is 7.11 Å². The fraction of sp³-hybridized carbons (Fsp3) is 0.480. The smallest absolute Gasteiger partial charge is 0.335 e. The molecule has 1 N–H and O–H groups in total. The fourth-order valence-electron chi connectivity index (χ4n) is 5.60. The van der Waals surface area contributed by atoms with Gasteiger partial charge in [0.15, 0.2) is 0 Å². The second kappa shape index (κ2) is 7.02. The van der Waals surface area contributed by atoms with Gasteiger partial charge in [0.25, 0.3) is 0 Å². The molecular weight excluding hydrogens is 380 g/mol. The van der Waals surface area contributed by atoms with Crippen molar-refractivity contribution in [3.05, 3.63) is 58.7 Å². The number of rotatable bonds is 2. The number of carboxylic acids is 1. The quantitative estimate of drug-likeness (QED) is 0.746. The van der Waals surface area contributed by atoms with Crippen LogP contribution in [0.4, 0.5) is 0 Å². The largest absolute Gasteiger partial charge is 0.497 e. The molecule has 0 radical (unpaired) electrons. The summed E-state index contributed by atoms with van der Waals surface area (Å²) in [5.41, 5.74) is 3.47. The summed E-state index contributed by atoms with van der Waals surface area (Å²) in [5, 5.41) is 9.47. The number of aromatic carboxylic acids is 1. The first-order chi connectivity index (χ1) is 14.4. The van der Waals surface area contributed by atoms with Crippen LogP contribution in [0, 0.1) is 5.92 Å². The van der Waals surface area contributed by atoms with Gasteiger partial charge in [-0.1, -0.05) is 6.07 Å². The van der Waals surface area contributed by atoms with Gasteiger partial charge in [0.2, 0.25) is 0 Å². The number of hydrogen-bond acceptors (Lipinski definition) is 4. The minimum Gasteiger partial charge on any atom is -0.497 e. The van der Waals surface area contributed by atoms with E-state index in [1.165, 1.54) is 11.1 Å². The molecule has 1 saturated heterocycles. The summed E-state index contributed by atoms with van der Waals surface area (Å²) in [4.78, 5) is 11.5. The Morgan fingerprint density at radius 1 is 1.17 bits per heavy atom. The molecule has 4 atom stereocenters. The molecule has 3 aliphatic rings. The van der Waals surface area contributed by atoms with Crippen molar-refractivity contribution >= 4 is 5.97 Å². The summed E-state index contributed by atoms with van der Waals surface area (Å²) in [6.07, 6.45) is 4.03. The molecular formula is C25H28O5. The lowest BCUT2D eigenvalue weighted by Crippen LogP contribution is -2.50. The van der Waals surface area contributed by atoms with Crippen molar-refractivity contribution in [3.63, 3.8) is 0 Å². The predicted octanol–water partition coefficient (Wildman–Crippen LogP) is 5.13. The topological polar surface area (TPSA) is 65.0 Å². The second-order valence-electron chi connectivity index (χ2n) is 9.26. The number of carbonyl (C=O) groups is 1. The minimum atomic E-state index is -0.926. The highest BCUT2D eigenvalue weighted by molar-refractivity contribution is 5.88. The van der Waals surface area contributed by atoms with E-state index >= 15 is 0 Å². The van der Waals surface area contributed by atoms with Crippen molar-refractivity contribution in [3.8, 4) is 11.5 Å². The lowest BCUT2D eigenvalue weighted by molar-refractivity contribution is -0.159. The Balaban J connectivity index is 1.56. The van der Waals surface area contributed by atoms with Gasteiger partial charge < -0.3 is 19.3 Å². The molecule has 0 aromatic heterocycles. The summed E-state index contributed by atoms with van der Waals surface area (Å²) < 4.78 is 18.6. The molecule has 30 heavy (non-hydrogen) atoms. The van der Waals surface area contributed by atoms with Gasteiger partial charge in [0, 0.05) is 17.4 Å². The molecule has 0 bridgehead atoms. The molecule has 5 nitrogen and oxygen atoms in total. The average molecular weight is 408 g/mol. The van der Waals surface area contributed by atoms with E-state index in [-0.39, 0.29) is 23.7 Å². The molecule has 2 aromatic carbocycles. The molecule has 5 heteroatoms. The van der Waals surface area contributed by atoms with Gasteiger partial charge in [0.1, 0.15) is 17.1 Å². The van der Waals surface area contributed by atoms with Gasteiger partial charge in [0.05, 0.1) is 24.9 Å². The van der Waals surface area contributed by atoms with E-state index in [0.29, 0.717) is 5.92 Å². The van der Waals surface area contributed by atoms with Crippen LogP contribution in [-0.2, 0) is 11.2 Å². The number of carboxylic acid groups (broad SMARTS) is 1. The Morgan fingerprint density at radius 3 is 2.77 bits per heavy atom. The van der Waals surface area contributed by atoms with Crippen LogP contribution in [0.25, 0.3) is 0 Å². The van der Waals surface area contributed by atoms with Crippen LogP contribution in [0.5, 0.6) is 11.5 Å². The van der Waals surface area contributed by atoms with Crippen LogP contribution < -0.4 is 9.47 Å². The SMILES string of the molecule is COc1ccc2c(c1)CCC[C@@H]1O[C@@H]3c4cc(C(=O)O)ccc4OC(C)(C)[C@H]3C[C@@H]21. The summed E-state index contributed by atoms with van der Waals surface area (Å²) in [6, 6.07) is 11.5. The van der Waals surface area contributed by atoms with Gasteiger partial charge >= 0.3 is 5.97 Å². The Kier molecular flexibility index (Phi) is 4.55. The van der Waals surface area contributed by atoms with Gasteiger partial charge in [-0.2, -0.15) is 0 Å². The minimum absolute atomic E-state index is 0.121. The standard InChI is InChI=1S/C25H28O5/c1-25(2)20-13-18-17-9-8-16(28-3)11-14(17)5-4-6-21(18)29-23(20)19-12-15(24(26)27)7-10-22(19)30-25/h7-12,18,20-21,23H,4-6,13H2,1-3H3,(H,26,27)/t18-,20-,21-,23+/m0/s1. The van der Waals surface area contributed by atoms with Crippen LogP contribution in [0.15, 0.2) is 36.4 Å². The maximum Gasteiger partial charge on any atom is 0.335 e. The molecule has 2 heterocycles. The van der Waals surface area contributed by atoms with Crippen LogP contribution in [0.2, 0.25) is 0 Å². The first kappa shape index (κ1) is 19.4. The van der Waals surface area contributed by atoms with E-state index in [2.05, 4.69) is 26.0 Å². The fourth-order valence-corrected chi connectivity index (χ4v) is 5.60.